The fraction of sp³-hybridized carbons (Fsp3) is 0.455. The average molecular weight is 207 g/mol. The van der Waals surface area contributed by atoms with Crippen molar-refractivity contribution in [3.63, 3.8) is 0 Å². The summed E-state index contributed by atoms with van der Waals surface area (Å²) >= 11 is 0. The van der Waals surface area contributed by atoms with Crippen LogP contribution in [0.3, 0.4) is 0 Å². The lowest BCUT2D eigenvalue weighted by Gasteiger charge is -2.15. The lowest BCUT2D eigenvalue weighted by molar-refractivity contribution is -0.123. The first-order chi connectivity index (χ1) is 7.15. The number of nitrogens with two attached hydrogens (primary N) is 1. The topological polar surface area (TPSA) is 68.0 Å². The van der Waals surface area contributed by atoms with E-state index in [0.717, 1.165) is 5.69 Å². The number of nitrogens with zero attached hydrogens (tertiary/aromatic N) is 1. The van der Waals surface area contributed by atoms with Gasteiger partial charge >= 0.3 is 0 Å². The largest absolute Gasteiger partial charge is 0.347 e. The van der Waals surface area contributed by atoms with Gasteiger partial charge in [-0.3, -0.25) is 9.78 Å². The van der Waals surface area contributed by atoms with Crippen molar-refractivity contribution in [1.82, 2.24) is 10.3 Å². The van der Waals surface area contributed by atoms with Crippen LogP contribution in [0.2, 0.25) is 0 Å². The summed E-state index contributed by atoms with van der Waals surface area (Å²) in [6.07, 6.45) is 2.35. The number of hydrogen-bond donors (Lipinski definition) is 2. The zero-order chi connectivity index (χ0) is 11.3. The van der Waals surface area contributed by atoms with Crippen LogP contribution in [0.4, 0.5) is 0 Å². The highest BCUT2D eigenvalue weighted by Gasteiger charge is 2.14. The number of hydrogen-bond acceptors (Lipinski definition) is 3. The third-order valence-electron chi connectivity index (χ3n) is 2.27. The minimum absolute atomic E-state index is 0.101. The molecule has 4 nitrogen and oxygen atoms in total. The summed E-state index contributed by atoms with van der Waals surface area (Å²) in [5.41, 5.74) is 6.45. The van der Waals surface area contributed by atoms with Crippen molar-refractivity contribution in [2.75, 3.05) is 0 Å². The molecule has 2 atom stereocenters. The minimum atomic E-state index is -0.434. The van der Waals surface area contributed by atoms with E-state index in [1.165, 1.54) is 0 Å². The quantitative estimate of drug-likeness (QED) is 0.773. The number of amides is 1. The monoisotopic (exact) mass is 207 g/mol. The van der Waals surface area contributed by atoms with Crippen LogP contribution >= 0.6 is 0 Å². The van der Waals surface area contributed by atoms with Crippen LogP contribution in [0.5, 0.6) is 0 Å². The van der Waals surface area contributed by atoms with Gasteiger partial charge in [0, 0.05) is 6.20 Å². The molecule has 0 saturated heterocycles. The molecular formula is C11H17N3O. The van der Waals surface area contributed by atoms with Gasteiger partial charge in [-0.1, -0.05) is 13.0 Å². The van der Waals surface area contributed by atoms with E-state index in [1.54, 1.807) is 6.20 Å². The van der Waals surface area contributed by atoms with Gasteiger partial charge in [-0.2, -0.15) is 0 Å². The first-order valence-corrected chi connectivity index (χ1v) is 5.12. The molecule has 1 aromatic heterocycles. The number of aromatic nitrogens is 1. The van der Waals surface area contributed by atoms with Gasteiger partial charge in [0.25, 0.3) is 0 Å². The van der Waals surface area contributed by atoms with E-state index in [4.69, 9.17) is 5.73 Å². The molecule has 0 saturated carbocycles. The van der Waals surface area contributed by atoms with Gasteiger partial charge < -0.3 is 11.1 Å². The molecule has 0 aliphatic rings. The molecule has 0 fully saturated rings. The smallest absolute Gasteiger partial charge is 0.237 e. The fourth-order valence-electron chi connectivity index (χ4n) is 1.21. The SMILES string of the molecule is CC[C@H](N)C(=O)N[C@H](C)c1ccccn1. The third-order valence-corrected chi connectivity index (χ3v) is 2.27. The summed E-state index contributed by atoms with van der Waals surface area (Å²) in [7, 11) is 0. The Morgan fingerprint density at radius 1 is 1.60 bits per heavy atom. The van der Waals surface area contributed by atoms with E-state index in [9.17, 15) is 4.79 Å². The van der Waals surface area contributed by atoms with Crippen LogP contribution in [-0.4, -0.2) is 16.9 Å². The summed E-state index contributed by atoms with van der Waals surface area (Å²) in [4.78, 5) is 15.7. The Kier molecular flexibility index (Phi) is 4.24. The van der Waals surface area contributed by atoms with Crippen LogP contribution in [0.15, 0.2) is 24.4 Å². The first-order valence-electron chi connectivity index (χ1n) is 5.12. The molecule has 82 valence electrons. The number of rotatable bonds is 4. The normalized spacial score (nSPS) is 14.3. The van der Waals surface area contributed by atoms with Crippen LogP contribution in [0.25, 0.3) is 0 Å². The van der Waals surface area contributed by atoms with E-state index in [2.05, 4.69) is 10.3 Å². The highest BCUT2D eigenvalue weighted by Crippen LogP contribution is 2.07. The Morgan fingerprint density at radius 2 is 2.33 bits per heavy atom. The van der Waals surface area contributed by atoms with Crippen LogP contribution in [0.1, 0.15) is 32.0 Å². The highest BCUT2D eigenvalue weighted by molar-refractivity contribution is 5.81. The second-order valence-corrected chi connectivity index (χ2v) is 3.50. The van der Waals surface area contributed by atoms with E-state index < -0.39 is 6.04 Å². The summed E-state index contributed by atoms with van der Waals surface area (Å²) in [6.45, 7) is 3.78. The molecule has 0 aliphatic carbocycles. The van der Waals surface area contributed by atoms with Gasteiger partial charge in [0.1, 0.15) is 0 Å². The molecule has 15 heavy (non-hydrogen) atoms. The fourth-order valence-corrected chi connectivity index (χ4v) is 1.21. The molecule has 1 aromatic rings. The van der Waals surface area contributed by atoms with Gasteiger partial charge in [0.15, 0.2) is 0 Å². The van der Waals surface area contributed by atoms with Gasteiger partial charge in [0.2, 0.25) is 5.91 Å². The molecule has 0 unspecified atom stereocenters. The number of carbonyl (C=O) groups is 1. The van der Waals surface area contributed by atoms with Crippen molar-refractivity contribution in [3.05, 3.63) is 30.1 Å². The van der Waals surface area contributed by atoms with Gasteiger partial charge in [0.05, 0.1) is 17.8 Å². The number of pyridine rings is 1. The predicted molar refractivity (Wildman–Crippen MR) is 59.1 cm³/mol. The molecule has 0 spiro atoms. The van der Waals surface area contributed by atoms with Crippen LogP contribution in [-0.2, 0) is 4.79 Å². The summed E-state index contributed by atoms with van der Waals surface area (Å²) in [5.74, 6) is -0.129. The molecule has 0 radical (unpaired) electrons. The van der Waals surface area contributed by atoms with Crippen molar-refractivity contribution >= 4 is 5.91 Å². The van der Waals surface area contributed by atoms with Gasteiger partial charge in [-0.15, -0.1) is 0 Å². The van der Waals surface area contributed by atoms with Crippen LogP contribution < -0.4 is 11.1 Å². The van der Waals surface area contributed by atoms with Gasteiger partial charge in [-0.05, 0) is 25.5 Å². The molecule has 3 N–H and O–H groups in total. The Bertz CT molecular complexity index is 313. The molecule has 0 bridgehead atoms. The zero-order valence-corrected chi connectivity index (χ0v) is 9.10. The van der Waals surface area contributed by atoms with Crippen molar-refractivity contribution in [2.45, 2.75) is 32.4 Å². The second-order valence-electron chi connectivity index (χ2n) is 3.50. The Labute approximate surface area is 89.9 Å². The Balaban J connectivity index is 2.56. The summed E-state index contributed by atoms with van der Waals surface area (Å²) in [5, 5.41) is 2.82. The average Bonchev–Trinajstić information content (AvgIpc) is 2.29. The second kappa shape index (κ2) is 5.46. The van der Waals surface area contributed by atoms with E-state index >= 15 is 0 Å². The lowest BCUT2D eigenvalue weighted by atomic mass is 10.2. The summed E-state index contributed by atoms with van der Waals surface area (Å²) < 4.78 is 0. The maximum absolute atomic E-state index is 11.5. The van der Waals surface area contributed by atoms with Crippen molar-refractivity contribution < 1.29 is 4.79 Å². The maximum Gasteiger partial charge on any atom is 0.237 e. The highest BCUT2D eigenvalue weighted by atomic mass is 16.2. The molecule has 4 heteroatoms. The molecular weight excluding hydrogens is 190 g/mol. The molecule has 1 amide bonds. The van der Waals surface area contributed by atoms with E-state index in [0.29, 0.717) is 6.42 Å². The number of carbonyl (C=O) groups excluding carboxylic acids is 1. The first kappa shape index (κ1) is 11.7. The standard InChI is InChI=1S/C11H17N3O/c1-3-9(12)11(15)14-8(2)10-6-4-5-7-13-10/h4-9H,3,12H2,1-2H3,(H,14,15)/t8-,9+/m1/s1. The minimum Gasteiger partial charge on any atom is -0.347 e. The Hall–Kier alpha value is -1.42. The van der Waals surface area contributed by atoms with E-state index in [1.807, 2.05) is 32.0 Å². The molecule has 0 aromatic carbocycles. The maximum atomic E-state index is 11.5. The van der Waals surface area contributed by atoms with Crippen molar-refractivity contribution in [3.8, 4) is 0 Å². The van der Waals surface area contributed by atoms with Crippen molar-refractivity contribution in [2.24, 2.45) is 5.73 Å². The molecule has 0 aliphatic heterocycles. The predicted octanol–water partition coefficient (Wildman–Crippen LogP) is 0.996. The van der Waals surface area contributed by atoms with Crippen LogP contribution in [0, 0.1) is 0 Å². The molecule has 1 heterocycles. The zero-order valence-electron chi connectivity index (χ0n) is 9.10. The number of nitrogens with one attached hydrogen (secondary N) is 1. The Morgan fingerprint density at radius 3 is 2.87 bits per heavy atom. The third kappa shape index (κ3) is 3.32. The van der Waals surface area contributed by atoms with Crippen molar-refractivity contribution in [1.29, 1.82) is 0 Å². The lowest BCUT2D eigenvalue weighted by Crippen LogP contribution is -2.41. The molecule has 1 rings (SSSR count). The van der Waals surface area contributed by atoms with Gasteiger partial charge in [-0.25, -0.2) is 0 Å². The van der Waals surface area contributed by atoms with E-state index in [-0.39, 0.29) is 11.9 Å². The summed E-state index contributed by atoms with van der Waals surface area (Å²) in [6, 6.07) is 5.08.